The molecule has 0 radical (unpaired) electrons. The first-order chi connectivity index (χ1) is 9.01. The van der Waals surface area contributed by atoms with Gasteiger partial charge in [0.25, 0.3) is 0 Å². The zero-order chi connectivity index (χ0) is 13.4. The van der Waals surface area contributed by atoms with Gasteiger partial charge in [-0.25, -0.2) is 4.79 Å². The number of ether oxygens (including phenoxy) is 3. The van der Waals surface area contributed by atoms with Gasteiger partial charge in [-0.2, -0.15) is 0 Å². The SMILES string of the molecule is C=C1C(=O)OC2C1C1OC1C(C)=CCCC1(C)OC21. The third-order valence-electron chi connectivity index (χ3n) is 4.94. The maximum absolute atomic E-state index is 11.8. The Labute approximate surface area is 112 Å². The number of hydrogen-bond acceptors (Lipinski definition) is 4. The molecule has 4 aliphatic rings. The molecule has 0 saturated carbocycles. The van der Waals surface area contributed by atoms with E-state index >= 15 is 0 Å². The first-order valence-corrected chi connectivity index (χ1v) is 6.91. The van der Waals surface area contributed by atoms with Gasteiger partial charge in [-0.1, -0.05) is 12.7 Å². The lowest BCUT2D eigenvalue weighted by atomic mass is 9.84. The van der Waals surface area contributed by atoms with E-state index in [1.165, 1.54) is 5.57 Å². The molecule has 3 fully saturated rings. The number of carbonyl (C=O) groups is 1. The molecule has 0 bridgehead atoms. The largest absolute Gasteiger partial charge is 0.455 e. The Hall–Kier alpha value is -1.13. The molecule has 3 saturated heterocycles. The monoisotopic (exact) mass is 262 g/mol. The zero-order valence-corrected chi connectivity index (χ0v) is 11.2. The van der Waals surface area contributed by atoms with E-state index in [1.807, 2.05) is 0 Å². The highest BCUT2D eigenvalue weighted by Crippen LogP contribution is 2.53. The molecule has 4 rings (SSSR count). The minimum atomic E-state index is -0.289. The van der Waals surface area contributed by atoms with Crippen molar-refractivity contribution in [3.8, 4) is 0 Å². The minimum absolute atomic E-state index is 0.00245. The first-order valence-electron chi connectivity index (χ1n) is 6.91. The second-order valence-electron chi connectivity index (χ2n) is 6.28. The standard InChI is InChI=1S/C15H18O4/c1-7-5-4-6-15(3)13(19-15)12-9(11-10(7)17-11)8(2)14(16)18-12/h5,9-13H,2,4,6H2,1,3H3. The van der Waals surface area contributed by atoms with Crippen molar-refractivity contribution in [1.82, 2.24) is 0 Å². The second kappa shape index (κ2) is 3.49. The number of esters is 1. The molecule has 4 nitrogen and oxygen atoms in total. The van der Waals surface area contributed by atoms with Crippen LogP contribution in [0.2, 0.25) is 0 Å². The van der Waals surface area contributed by atoms with E-state index in [2.05, 4.69) is 26.5 Å². The predicted molar refractivity (Wildman–Crippen MR) is 67.4 cm³/mol. The Morgan fingerprint density at radius 2 is 2.21 bits per heavy atom. The number of hydrogen-bond donors (Lipinski definition) is 0. The lowest BCUT2D eigenvalue weighted by molar-refractivity contribution is -0.140. The lowest BCUT2D eigenvalue weighted by Gasteiger charge is -2.16. The fraction of sp³-hybridized carbons (Fsp3) is 0.667. The molecule has 0 amide bonds. The molecule has 0 aromatic heterocycles. The number of allylic oxidation sites excluding steroid dienone is 1. The fourth-order valence-electron chi connectivity index (χ4n) is 3.58. The third kappa shape index (κ3) is 1.56. The summed E-state index contributed by atoms with van der Waals surface area (Å²) in [6, 6.07) is 0. The number of epoxide rings is 2. The van der Waals surface area contributed by atoms with Gasteiger partial charge in [0, 0.05) is 5.57 Å². The number of fused-ring (bicyclic) bond motifs is 5. The van der Waals surface area contributed by atoms with E-state index in [9.17, 15) is 4.79 Å². The molecule has 6 atom stereocenters. The van der Waals surface area contributed by atoms with Crippen molar-refractivity contribution in [3.63, 3.8) is 0 Å². The average Bonchev–Trinajstić information content (AvgIpc) is 3.22. The Morgan fingerprint density at radius 3 is 3.00 bits per heavy atom. The molecular weight excluding hydrogens is 244 g/mol. The van der Waals surface area contributed by atoms with Crippen molar-refractivity contribution >= 4 is 5.97 Å². The predicted octanol–water partition coefficient (Wildman–Crippen LogP) is 1.75. The minimum Gasteiger partial charge on any atom is -0.455 e. The maximum Gasteiger partial charge on any atom is 0.334 e. The molecule has 1 aliphatic carbocycles. The van der Waals surface area contributed by atoms with E-state index in [1.54, 1.807) is 0 Å². The van der Waals surface area contributed by atoms with Crippen molar-refractivity contribution in [1.29, 1.82) is 0 Å². The van der Waals surface area contributed by atoms with Crippen LogP contribution in [0.1, 0.15) is 26.7 Å². The van der Waals surface area contributed by atoms with Crippen LogP contribution in [0.25, 0.3) is 0 Å². The van der Waals surface area contributed by atoms with Crippen molar-refractivity contribution in [3.05, 3.63) is 23.8 Å². The van der Waals surface area contributed by atoms with Gasteiger partial charge in [-0.05, 0) is 32.3 Å². The fourth-order valence-corrected chi connectivity index (χ4v) is 3.58. The van der Waals surface area contributed by atoms with Crippen LogP contribution < -0.4 is 0 Å². The van der Waals surface area contributed by atoms with Gasteiger partial charge in [0.1, 0.15) is 18.3 Å². The number of carbonyl (C=O) groups excluding carboxylic acids is 1. The summed E-state index contributed by atoms with van der Waals surface area (Å²) in [4.78, 5) is 11.8. The average molecular weight is 262 g/mol. The van der Waals surface area contributed by atoms with Crippen LogP contribution in [0.15, 0.2) is 23.8 Å². The van der Waals surface area contributed by atoms with Crippen LogP contribution in [0.4, 0.5) is 0 Å². The highest BCUT2D eigenvalue weighted by molar-refractivity contribution is 5.91. The van der Waals surface area contributed by atoms with E-state index < -0.39 is 0 Å². The highest BCUT2D eigenvalue weighted by Gasteiger charge is 2.66. The Balaban J connectivity index is 1.71. The van der Waals surface area contributed by atoms with Gasteiger partial charge in [-0.15, -0.1) is 0 Å². The van der Waals surface area contributed by atoms with Gasteiger partial charge in [0.05, 0.1) is 17.6 Å². The van der Waals surface area contributed by atoms with Crippen LogP contribution >= 0.6 is 0 Å². The molecule has 0 aromatic rings. The Morgan fingerprint density at radius 1 is 1.42 bits per heavy atom. The summed E-state index contributed by atoms with van der Waals surface area (Å²) in [6.07, 6.45) is 4.11. The topological polar surface area (TPSA) is 51.4 Å². The van der Waals surface area contributed by atoms with Crippen LogP contribution in [0, 0.1) is 5.92 Å². The van der Waals surface area contributed by atoms with E-state index in [0.29, 0.717) is 5.57 Å². The van der Waals surface area contributed by atoms with Crippen LogP contribution in [-0.2, 0) is 19.0 Å². The molecule has 3 aliphatic heterocycles. The smallest absolute Gasteiger partial charge is 0.334 e. The van der Waals surface area contributed by atoms with Gasteiger partial charge in [0.15, 0.2) is 0 Å². The van der Waals surface area contributed by atoms with E-state index in [-0.39, 0.29) is 41.9 Å². The molecular formula is C15H18O4. The zero-order valence-electron chi connectivity index (χ0n) is 11.2. The van der Waals surface area contributed by atoms with Gasteiger partial charge in [-0.3, -0.25) is 0 Å². The van der Waals surface area contributed by atoms with Crippen LogP contribution in [0.5, 0.6) is 0 Å². The lowest BCUT2D eigenvalue weighted by Crippen LogP contribution is -2.32. The molecule has 0 spiro atoms. The summed E-state index contributed by atoms with van der Waals surface area (Å²) < 4.78 is 17.1. The highest BCUT2D eigenvalue weighted by atomic mass is 16.7. The summed E-state index contributed by atoms with van der Waals surface area (Å²) in [5.74, 6) is -0.339. The van der Waals surface area contributed by atoms with Crippen molar-refractivity contribution in [2.24, 2.45) is 5.92 Å². The Bertz CT molecular complexity index is 508. The summed E-state index contributed by atoms with van der Waals surface area (Å²) in [6.45, 7) is 8.08. The molecule has 0 aromatic carbocycles. The van der Waals surface area contributed by atoms with Gasteiger partial charge < -0.3 is 14.2 Å². The summed E-state index contributed by atoms with van der Waals surface area (Å²) in [5.41, 5.74) is 1.63. The first kappa shape index (κ1) is 11.7. The van der Waals surface area contributed by atoms with Crippen LogP contribution in [-0.4, -0.2) is 36.0 Å². The molecule has 3 heterocycles. The van der Waals surface area contributed by atoms with Crippen molar-refractivity contribution < 1.29 is 19.0 Å². The molecule has 0 N–H and O–H groups in total. The normalized spacial score (nSPS) is 51.5. The van der Waals surface area contributed by atoms with E-state index in [0.717, 1.165) is 12.8 Å². The summed E-state index contributed by atoms with van der Waals surface area (Å²) in [7, 11) is 0. The molecule has 6 unspecified atom stereocenters. The molecule has 4 heteroatoms. The van der Waals surface area contributed by atoms with Gasteiger partial charge in [0.2, 0.25) is 0 Å². The second-order valence-corrected chi connectivity index (χ2v) is 6.28. The summed E-state index contributed by atoms with van der Waals surface area (Å²) >= 11 is 0. The quantitative estimate of drug-likeness (QED) is 0.289. The Kier molecular flexibility index (Phi) is 2.15. The molecule has 102 valence electrons. The summed E-state index contributed by atoms with van der Waals surface area (Å²) in [5, 5.41) is 0. The number of rotatable bonds is 0. The maximum atomic E-state index is 11.8. The van der Waals surface area contributed by atoms with Gasteiger partial charge >= 0.3 is 5.97 Å². The third-order valence-corrected chi connectivity index (χ3v) is 4.94. The van der Waals surface area contributed by atoms with E-state index in [4.69, 9.17) is 14.2 Å². The molecule has 19 heavy (non-hydrogen) atoms. The van der Waals surface area contributed by atoms with Crippen molar-refractivity contribution in [2.75, 3.05) is 0 Å². The van der Waals surface area contributed by atoms with Crippen LogP contribution in [0.3, 0.4) is 0 Å². The van der Waals surface area contributed by atoms with Crippen molar-refractivity contribution in [2.45, 2.75) is 56.7 Å².